The van der Waals surface area contributed by atoms with Gasteiger partial charge >= 0.3 is 6.18 Å². The van der Waals surface area contributed by atoms with Crippen LogP contribution >= 0.6 is 0 Å². The van der Waals surface area contributed by atoms with E-state index < -0.39 is 23.7 Å². The molecule has 0 saturated heterocycles. The van der Waals surface area contributed by atoms with E-state index in [4.69, 9.17) is 0 Å². The third kappa shape index (κ3) is 3.90. The molecule has 1 amide bonds. The van der Waals surface area contributed by atoms with Crippen molar-refractivity contribution in [2.24, 2.45) is 0 Å². The highest BCUT2D eigenvalue weighted by Gasteiger charge is 2.34. The van der Waals surface area contributed by atoms with Crippen molar-refractivity contribution in [3.05, 3.63) is 52.8 Å². The van der Waals surface area contributed by atoms with Crippen LogP contribution in [0.25, 0.3) is 0 Å². The van der Waals surface area contributed by atoms with Crippen molar-refractivity contribution in [1.29, 1.82) is 0 Å². The first-order valence-corrected chi connectivity index (χ1v) is 8.48. The lowest BCUT2D eigenvalue weighted by molar-refractivity contribution is -0.138. The second-order valence-corrected chi connectivity index (χ2v) is 6.62. The first-order valence-electron chi connectivity index (χ1n) is 8.48. The molecule has 1 aromatic heterocycles. The molecule has 8 heteroatoms. The number of benzene rings is 1. The first kappa shape index (κ1) is 18.4. The molecular formula is C18H21F3N4O. The van der Waals surface area contributed by atoms with Crippen LogP contribution in [-0.4, -0.2) is 34.2 Å². The van der Waals surface area contributed by atoms with Crippen molar-refractivity contribution in [2.45, 2.75) is 38.7 Å². The van der Waals surface area contributed by atoms with Gasteiger partial charge in [0, 0.05) is 19.6 Å². The number of aromatic nitrogens is 2. The summed E-state index contributed by atoms with van der Waals surface area (Å²) >= 11 is 0. The fourth-order valence-corrected chi connectivity index (χ4v) is 3.21. The minimum atomic E-state index is -4.47. The normalized spacial score (nSPS) is 16.7. The van der Waals surface area contributed by atoms with Crippen molar-refractivity contribution in [3.8, 4) is 0 Å². The standard InChI is InChI=1S/C18H21F3N4O/c1-12(14-6-3-4-7-15(14)18(19,20)21)22-17(26)16-10-13-11-24(2)8-5-9-25(13)23-16/h3-4,6-7,10,12H,5,8-9,11H2,1-2H3,(H,22,26)/t12-/m0/s1. The molecule has 1 atom stereocenters. The minimum Gasteiger partial charge on any atom is -0.344 e. The molecule has 1 N–H and O–H groups in total. The molecule has 0 fully saturated rings. The third-order valence-electron chi connectivity index (χ3n) is 4.52. The molecule has 0 aliphatic carbocycles. The molecule has 26 heavy (non-hydrogen) atoms. The molecule has 2 heterocycles. The van der Waals surface area contributed by atoms with Crippen molar-refractivity contribution in [3.63, 3.8) is 0 Å². The van der Waals surface area contributed by atoms with E-state index in [0.29, 0.717) is 6.54 Å². The number of rotatable bonds is 3. The number of hydrogen-bond donors (Lipinski definition) is 1. The van der Waals surface area contributed by atoms with Gasteiger partial charge in [0.25, 0.3) is 5.91 Å². The predicted octanol–water partition coefficient (Wildman–Crippen LogP) is 3.23. The highest BCUT2D eigenvalue weighted by atomic mass is 19.4. The molecule has 0 radical (unpaired) electrons. The Bertz CT molecular complexity index is 800. The number of hydrogen-bond acceptors (Lipinski definition) is 3. The third-order valence-corrected chi connectivity index (χ3v) is 4.52. The van der Waals surface area contributed by atoms with E-state index in [1.165, 1.54) is 25.1 Å². The van der Waals surface area contributed by atoms with E-state index in [1.807, 2.05) is 7.05 Å². The van der Waals surface area contributed by atoms with Crippen LogP contribution in [0.15, 0.2) is 30.3 Å². The van der Waals surface area contributed by atoms with E-state index in [9.17, 15) is 18.0 Å². The lowest BCUT2D eigenvalue weighted by atomic mass is 10.0. The van der Waals surface area contributed by atoms with Gasteiger partial charge in [-0.25, -0.2) is 0 Å². The van der Waals surface area contributed by atoms with Gasteiger partial charge in [-0.2, -0.15) is 18.3 Å². The Kier molecular flexibility index (Phi) is 5.04. The number of nitrogens with one attached hydrogen (secondary N) is 1. The van der Waals surface area contributed by atoms with Crippen LogP contribution in [-0.2, 0) is 19.3 Å². The number of halogens is 3. The predicted molar refractivity (Wildman–Crippen MR) is 90.5 cm³/mol. The van der Waals surface area contributed by atoms with Gasteiger partial charge in [-0.05, 0) is 38.1 Å². The summed E-state index contributed by atoms with van der Waals surface area (Å²) in [5.41, 5.74) is 0.453. The zero-order valence-corrected chi connectivity index (χ0v) is 14.7. The van der Waals surface area contributed by atoms with Crippen molar-refractivity contribution in [1.82, 2.24) is 20.0 Å². The number of aryl methyl sites for hydroxylation is 1. The van der Waals surface area contributed by atoms with Gasteiger partial charge in [-0.3, -0.25) is 9.48 Å². The maximum Gasteiger partial charge on any atom is 0.416 e. The summed E-state index contributed by atoms with van der Waals surface area (Å²) in [4.78, 5) is 14.6. The zero-order chi connectivity index (χ0) is 18.9. The molecule has 1 aliphatic heterocycles. The van der Waals surface area contributed by atoms with E-state index in [2.05, 4.69) is 15.3 Å². The Morgan fingerprint density at radius 1 is 1.27 bits per heavy atom. The van der Waals surface area contributed by atoms with Gasteiger partial charge in [-0.1, -0.05) is 18.2 Å². The summed E-state index contributed by atoms with van der Waals surface area (Å²) in [7, 11) is 2.00. The van der Waals surface area contributed by atoms with Crippen LogP contribution in [0.1, 0.15) is 46.7 Å². The van der Waals surface area contributed by atoms with Gasteiger partial charge in [0.15, 0.2) is 5.69 Å². The maximum atomic E-state index is 13.2. The first-order chi connectivity index (χ1) is 12.3. The summed E-state index contributed by atoms with van der Waals surface area (Å²) < 4.78 is 41.3. The number of alkyl halides is 3. The molecule has 0 unspecified atom stereocenters. The minimum absolute atomic E-state index is 0.0360. The van der Waals surface area contributed by atoms with Crippen molar-refractivity contribution >= 4 is 5.91 Å². The Balaban J connectivity index is 1.78. The smallest absolute Gasteiger partial charge is 0.344 e. The van der Waals surface area contributed by atoms with Crippen molar-refractivity contribution in [2.75, 3.05) is 13.6 Å². The number of amides is 1. The highest BCUT2D eigenvalue weighted by molar-refractivity contribution is 5.92. The summed E-state index contributed by atoms with van der Waals surface area (Å²) in [6.45, 7) is 3.90. The van der Waals surface area contributed by atoms with E-state index in [-0.39, 0.29) is 11.3 Å². The SMILES string of the molecule is C[C@H](NC(=O)c1cc2n(n1)CCCN(C)C2)c1ccccc1C(F)(F)F. The molecule has 0 saturated carbocycles. The van der Waals surface area contributed by atoms with Crippen LogP contribution in [0, 0.1) is 0 Å². The fraction of sp³-hybridized carbons (Fsp3) is 0.444. The molecule has 2 aromatic rings. The molecule has 3 rings (SSSR count). The fourth-order valence-electron chi connectivity index (χ4n) is 3.21. The summed E-state index contributed by atoms with van der Waals surface area (Å²) in [5, 5.41) is 6.95. The Morgan fingerprint density at radius 2 is 2.00 bits per heavy atom. The summed E-state index contributed by atoms with van der Waals surface area (Å²) in [6.07, 6.45) is -3.53. The monoisotopic (exact) mass is 366 g/mol. The van der Waals surface area contributed by atoms with Crippen LogP contribution in [0.4, 0.5) is 13.2 Å². The average Bonchev–Trinajstić information content (AvgIpc) is 2.88. The number of carbonyl (C=O) groups excluding carboxylic acids is 1. The maximum absolute atomic E-state index is 13.2. The molecule has 140 valence electrons. The van der Waals surface area contributed by atoms with Crippen molar-refractivity contribution < 1.29 is 18.0 Å². The molecule has 5 nitrogen and oxygen atoms in total. The van der Waals surface area contributed by atoms with Crippen LogP contribution < -0.4 is 5.32 Å². The van der Waals surface area contributed by atoms with Gasteiger partial charge in [-0.15, -0.1) is 0 Å². The van der Waals surface area contributed by atoms with Gasteiger partial charge < -0.3 is 10.2 Å². The van der Waals surface area contributed by atoms with Crippen LogP contribution in [0.5, 0.6) is 0 Å². The largest absolute Gasteiger partial charge is 0.416 e. The Labute approximate surface area is 149 Å². The molecule has 0 spiro atoms. The second-order valence-electron chi connectivity index (χ2n) is 6.62. The van der Waals surface area contributed by atoms with E-state index in [1.54, 1.807) is 10.7 Å². The van der Waals surface area contributed by atoms with Crippen LogP contribution in [0.3, 0.4) is 0 Å². The average molecular weight is 366 g/mol. The van der Waals surface area contributed by atoms with E-state index >= 15 is 0 Å². The zero-order valence-electron chi connectivity index (χ0n) is 14.7. The quantitative estimate of drug-likeness (QED) is 0.907. The van der Waals surface area contributed by atoms with Crippen LogP contribution in [0.2, 0.25) is 0 Å². The molecule has 1 aromatic carbocycles. The summed E-state index contributed by atoms with van der Waals surface area (Å²) in [6, 6.07) is 6.19. The topological polar surface area (TPSA) is 50.2 Å². The molecular weight excluding hydrogens is 345 g/mol. The highest BCUT2D eigenvalue weighted by Crippen LogP contribution is 2.34. The van der Waals surface area contributed by atoms with Gasteiger partial charge in [0.2, 0.25) is 0 Å². The summed E-state index contributed by atoms with van der Waals surface area (Å²) in [5.74, 6) is -0.474. The lowest BCUT2D eigenvalue weighted by Crippen LogP contribution is -2.28. The Hall–Kier alpha value is -2.35. The number of nitrogens with zero attached hydrogens (tertiary/aromatic N) is 3. The second kappa shape index (κ2) is 7.11. The number of fused-ring (bicyclic) bond motifs is 1. The van der Waals surface area contributed by atoms with Gasteiger partial charge in [0.05, 0.1) is 17.3 Å². The number of carbonyl (C=O) groups is 1. The lowest BCUT2D eigenvalue weighted by Gasteiger charge is -2.19. The molecule has 1 aliphatic rings. The molecule has 0 bridgehead atoms. The van der Waals surface area contributed by atoms with Gasteiger partial charge in [0.1, 0.15) is 0 Å². The van der Waals surface area contributed by atoms with E-state index in [0.717, 1.165) is 31.3 Å². The Morgan fingerprint density at radius 3 is 2.73 bits per heavy atom.